The van der Waals surface area contributed by atoms with Gasteiger partial charge in [-0.2, -0.15) is 5.26 Å². The van der Waals surface area contributed by atoms with Gasteiger partial charge in [0, 0.05) is 12.3 Å². The van der Waals surface area contributed by atoms with Crippen LogP contribution in [0.25, 0.3) is 10.8 Å². The Kier molecular flexibility index (Phi) is 2.21. The first kappa shape index (κ1) is 9.98. The van der Waals surface area contributed by atoms with Gasteiger partial charge in [0.05, 0.1) is 15.7 Å². The van der Waals surface area contributed by atoms with Crippen LogP contribution < -0.4 is 0 Å². The third kappa shape index (κ3) is 1.35. The van der Waals surface area contributed by atoms with Crippen LogP contribution in [0, 0.1) is 27.3 Å². The molecule has 0 unspecified atom stereocenters. The normalized spacial score (nSPS) is 10.0. The topological polar surface area (TPSA) is 79.8 Å². The summed E-state index contributed by atoms with van der Waals surface area (Å²) < 4.78 is 13.5. The molecule has 16 heavy (non-hydrogen) atoms. The lowest BCUT2D eigenvalue weighted by atomic mass is 10.1. The van der Waals surface area contributed by atoms with Gasteiger partial charge in [-0.05, 0) is 12.1 Å². The van der Waals surface area contributed by atoms with Gasteiger partial charge in [-0.25, -0.2) is 9.37 Å². The fraction of sp³-hybridized carbons (Fsp3) is 0. The van der Waals surface area contributed by atoms with Crippen molar-refractivity contribution in [3.8, 4) is 6.07 Å². The molecule has 0 saturated carbocycles. The summed E-state index contributed by atoms with van der Waals surface area (Å²) in [5.74, 6) is -0.690. The first-order valence-corrected chi connectivity index (χ1v) is 4.27. The van der Waals surface area contributed by atoms with Crippen LogP contribution in [0.1, 0.15) is 5.69 Å². The van der Waals surface area contributed by atoms with Crippen LogP contribution in [0.5, 0.6) is 0 Å². The largest absolute Gasteiger partial charge is 0.277 e. The smallest absolute Gasteiger partial charge is 0.258 e. The summed E-state index contributed by atoms with van der Waals surface area (Å²) in [6.45, 7) is 0. The van der Waals surface area contributed by atoms with Crippen molar-refractivity contribution in [2.75, 3.05) is 0 Å². The number of aromatic nitrogens is 1. The monoisotopic (exact) mass is 217 g/mol. The van der Waals surface area contributed by atoms with Crippen LogP contribution in [-0.4, -0.2) is 9.91 Å². The van der Waals surface area contributed by atoms with Crippen molar-refractivity contribution >= 4 is 16.5 Å². The second-order valence-corrected chi connectivity index (χ2v) is 3.02. The molecule has 6 heteroatoms. The minimum atomic E-state index is -0.690. The van der Waals surface area contributed by atoms with Gasteiger partial charge in [-0.15, -0.1) is 0 Å². The van der Waals surface area contributed by atoms with E-state index in [1.165, 1.54) is 12.3 Å². The van der Waals surface area contributed by atoms with E-state index < -0.39 is 10.7 Å². The number of halogens is 1. The van der Waals surface area contributed by atoms with Gasteiger partial charge in [0.1, 0.15) is 11.9 Å². The summed E-state index contributed by atoms with van der Waals surface area (Å²) in [6, 6.07) is 5.05. The summed E-state index contributed by atoms with van der Waals surface area (Å²) in [5, 5.41) is 19.4. The van der Waals surface area contributed by atoms with Crippen molar-refractivity contribution in [2.24, 2.45) is 0 Å². The molecule has 0 fully saturated rings. The average molecular weight is 217 g/mol. The van der Waals surface area contributed by atoms with Gasteiger partial charge in [-0.3, -0.25) is 10.1 Å². The summed E-state index contributed by atoms with van der Waals surface area (Å²) in [6.07, 6.45) is 1.24. The van der Waals surface area contributed by atoms with E-state index in [0.717, 1.165) is 12.1 Å². The van der Waals surface area contributed by atoms with Crippen molar-refractivity contribution in [1.29, 1.82) is 5.26 Å². The zero-order valence-corrected chi connectivity index (χ0v) is 7.85. The third-order valence-corrected chi connectivity index (χ3v) is 2.16. The minimum absolute atomic E-state index is 0.0801. The number of nitriles is 1. The average Bonchev–Trinajstić information content (AvgIpc) is 2.28. The number of pyridine rings is 1. The van der Waals surface area contributed by atoms with E-state index in [0.29, 0.717) is 0 Å². The molecule has 0 saturated heterocycles. The van der Waals surface area contributed by atoms with Crippen molar-refractivity contribution < 1.29 is 9.31 Å². The first-order valence-electron chi connectivity index (χ1n) is 4.27. The molecule has 0 aliphatic heterocycles. The van der Waals surface area contributed by atoms with Crippen molar-refractivity contribution in [2.45, 2.75) is 0 Å². The molecule has 0 aliphatic carbocycles. The molecule has 0 amide bonds. The SMILES string of the molecule is N#Cc1nccc2c([N+](=O)[O-])ccc(F)c12. The maximum absolute atomic E-state index is 13.5. The fourth-order valence-corrected chi connectivity index (χ4v) is 1.49. The third-order valence-electron chi connectivity index (χ3n) is 2.16. The number of nitrogens with zero attached hydrogens (tertiary/aromatic N) is 3. The quantitative estimate of drug-likeness (QED) is 0.541. The van der Waals surface area contributed by atoms with Crippen LogP contribution >= 0.6 is 0 Å². The Morgan fingerprint density at radius 1 is 1.44 bits per heavy atom. The molecule has 2 aromatic rings. The van der Waals surface area contributed by atoms with Gasteiger partial charge in [0.15, 0.2) is 5.69 Å². The van der Waals surface area contributed by atoms with E-state index in [2.05, 4.69) is 4.98 Å². The molecule has 1 aromatic carbocycles. The number of nitro groups is 1. The maximum atomic E-state index is 13.5. The highest BCUT2D eigenvalue weighted by atomic mass is 19.1. The molecule has 1 aromatic heterocycles. The molecule has 78 valence electrons. The highest BCUT2D eigenvalue weighted by molar-refractivity contribution is 5.93. The van der Waals surface area contributed by atoms with Gasteiger partial charge >= 0.3 is 0 Å². The molecule has 0 aliphatic rings. The van der Waals surface area contributed by atoms with Gasteiger partial charge in [0.2, 0.25) is 0 Å². The number of nitro benzene ring substituents is 1. The van der Waals surface area contributed by atoms with Crippen LogP contribution in [0.3, 0.4) is 0 Å². The Morgan fingerprint density at radius 3 is 2.81 bits per heavy atom. The lowest BCUT2D eigenvalue weighted by Gasteiger charge is -2.01. The summed E-state index contributed by atoms with van der Waals surface area (Å²) in [5.41, 5.74) is -0.394. The molecule has 0 bridgehead atoms. The highest BCUT2D eigenvalue weighted by Crippen LogP contribution is 2.28. The molecular weight excluding hydrogens is 213 g/mol. The number of hydrogen-bond donors (Lipinski definition) is 0. The predicted octanol–water partition coefficient (Wildman–Crippen LogP) is 2.15. The second kappa shape index (κ2) is 3.55. The molecule has 0 radical (unpaired) electrons. The minimum Gasteiger partial charge on any atom is -0.258 e. The van der Waals surface area contributed by atoms with E-state index >= 15 is 0 Å². The van der Waals surface area contributed by atoms with Gasteiger partial charge in [-0.1, -0.05) is 0 Å². The van der Waals surface area contributed by atoms with E-state index in [1.54, 1.807) is 6.07 Å². The lowest BCUT2D eigenvalue weighted by Crippen LogP contribution is -1.94. The number of benzene rings is 1. The van der Waals surface area contributed by atoms with Gasteiger partial charge in [0.25, 0.3) is 5.69 Å². The molecule has 5 nitrogen and oxygen atoms in total. The Labute approximate surface area is 88.9 Å². The predicted molar refractivity (Wildman–Crippen MR) is 53.1 cm³/mol. The molecular formula is C10H4FN3O2. The van der Waals surface area contributed by atoms with Crippen LogP contribution in [-0.2, 0) is 0 Å². The standard InChI is InChI=1S/C10H4FN3O2/c11-7-1-2-9(14(15)16)6-3-4-13-8(5-12)10(6)7/h1-4H. The molecule has 0 spiro atoms. The Hall–Kier alpha value is -2.55. The zero-order valence-electron chi connectivity index (χ0n) is 7.85. The Bertz CT molecular complexity index is 634. The van der Waals surface area contributed by atoms with E-state index in [9.17, 15) is 14.5 Å². The molecule has 0 atom stereocenters. The van der Waals surface area contributed by atoms with Crippen molar-refractivity contribution in [3.63, 3.8) is 0 Å². The molecule has 2 rings (SSSR count). The number of rotatable bonds is 1. The fourth-order valence-electron chi connectivity index (χ4n) is 1.49. The summed E-state index contributed by atoms with van der Waals surface area (Å²) in [4.78, 5) is 13.7. The van der Waals surface area contributed by atoms with Crippen molar-refractivity contribution in [1.82, 2.24) is 4.98 Å². The van der Waals surface area contributed by atoms with Crippen LogP contribution in [0.15, 0.2) is 24.4 Å². The van der Waals surface area contributed by atoms with Gasteiger partial charge < -0.3 is 0 Å². The van der Waals surface area contributed by atoms with Crippen molar-refractivity contribution in [3.05, 3.63) is 46.0 Å². The summed E-state index contributed by atoms with van der Waals surface area (Å²) in [7, 11) is 0. The Morgan fingerprint density at radius 2 is 2.19 bits per heavy atom. The Balaban J connectivity index is 2.98. The van der Waals surface area contributed by atoms with E-state index in [-0.39, 0.29) is 22.2 Å². The maximum Gasteiger partial charge on any atom is 0.277 e. The summed E-state index contributed by atoms with van der Waals surface area (Å²) >= 11 is 0. The number of hydrogen-bond acceptors (Lipinski definition) is 4. The van der Waals surface area contributed by atoms with Crippen LogP contribution in [0.4, 0.5) is 10.1 Å². The molecule has 0 N–H and O–H groups in total. The van der Waals surface area contributed by atoms with E-state index in [4.69, 9.17) is 5.26 Å². The second-order valence-electron chi connectivity index (χ2n) is 3.02. The van der Waals surface area contributed by atoms with E-state index in [1.807, 2.05) is 0 Å². The zero-order chi connectivity index (χ0) is 11.7. The lowest BCUT2D eigenvalue weighted by molar-refractivity contribution is -0.383. The highest BCUT2D eigenvalue weighted by Gasteiger charge is 2.17. The molecule has 1 heterocycles. The van der Waals surface area contributed by atoms with Crippen LogP contribution in [0.2, 0.25) is 0 Å². The first-order chi connectivity index (χ1) is 7.65. The number of fused-ring (bicyclic) bond motifs is 1. The number of non-ortho nitro benzene ring substituents is 1.